The average molecular weight is 500 g/mol. The fourth-order valence-electron chi connectivity index (χ4n) is 7.06. The summed E-state index contributed by atoms with van der Waals surface area (Å²) in [5.74, 6) is 0. The maximum atomic E-state index is 2.85. The van der Waals surface area contributed by atoms with E-state index in [1.54, 1.807) is 0 Å². The Hall–Kier alpha value is -3.15. The van der Waals surface area contributed by atoms with Crippen molar-refractivity contribution in [2.45, 2.75) is 51.9 Å². The molecular weight excluding hydrogens is 465 g/mol. The summed E-state index contributed by atoms with van der Waals surface area (Å²) in [5, 5.41) is 13.8. The van der Waals surface area contributed by atoms with E-state index in [2.05, 4.69) is 117 Å². The van der Waals surface area contributed by atoms with Gasteiger partial charge >= 0.3 is 0 Å². The van der Waals surface area contributed by atoms with Crippen LogP contribution in [0.4, 0.5) is 5.69 Å². The number of anilines is 1. The van der Waals surface area contributed by atoms with Crippen molar-refractivity contribution < 1.29 is 0 Å². The number of fused-ring (bicyclic) bond motifs is 12. The van der Waals surface area contributed by atoms with E-state index in [-0.39, 0.29) is 8.07 Å². The topological polar surface area (TPSA) is 3.24 Å². The molecule has 1 heterocycles. The fraction of sp³-hybridized carbons (Fsp3) is 0.257. The highest BCUT2D eigenvalue weighted by atomic mass is 31.1. The fourth-order valence-corrected chi connectivity index (χ4v) is 10.2. The van der Waals surface area contributed by atoms with Crippen molar-refractivity contribution in [3.05, 3.63) is 90.5 Å². The van der Waals surface area contributed by atoms with Crippen LogP contribution in [0.2, 0.25) is 0 Å². The monoisotopic (exact) mass is 499 g/mol. The molecule has 184 valence electrons. The highest BCUT2D eigenvalue weighted by Gasteiger charge is 2.31. The van der Waals surface area contributed by atoms with Gasteiger partial charge in [0, 0.05) is 17.3 Å². The Morgan fingerprint density at radius 2 is 1.08 bits per heavy atom. The molecule has 0 N–H and O–H groups in total. The molecule has 0 aromatic heterocycles. The molecule has 0 fully saturated rings. The lowest BCUT2D eigenvalue weighted by molar-refractivity contribution is 0.784. The summed E-state index contributed by atoms with van der Waals surface area (Å²) in [6.07, 6.45) is 2.42. The van der Waals surface area contributed by atoms with Crippen molar-refractivity contribution in [3.63, 3.8) is 0 Å². The first kappa shape index (κ1) is 23.0. The van der Waals surface area contributed by atoms with Gasteiger partial charge in [-0.3, -0.25) is 0 Å². The molecule has 0 aliphatic carbocycles. The van der Waals surface area contributed by atoms with Gasteiger partial charge in [0.2, 0.25) is 0 Å². The molecule has 0 spiro atoms. The number of rotatable bonds is 3. The van der Waals surface area contributed by atoms with Gasteiger partial charge in [-0.15, -0.1) is 0 Å². The van der Waals surface area contributed by atoms with Crippen LogP contribution in [0.5, 0.6) is 0 Å². The minimum absolute atomic E-state index is 0.285. The Balaban J connectivity index is 1.73. The molecule has 6 aromatic carbocycles. The lowest BCUT2D eigenvalue weighted by atomic mass is 9.87. The maximum absolute atomic E-state index is 2.85. The summed E-state index contributed by atoms with van der Waals surface area (Å²) in [6, 6.07) is 32.2. The van der Waals surface area contributed by atoms with Gasteiger partial charge in [0.15, 0.2) is 0 Å². The first-order valence-electron chi connectivity index (χ1n) is 13.8. The highest BCUT2D eigenvalue weighted by molar-refractivity contribution is 7.60. The number of benzene rings is 6. The van der Waals surface area contributed by atoms with Gasteiger partial charge in [-0.25, -0.2) is 0 Å². The van der Waals surface area contributed by atoms with Crippen molar-refractivity contribution in [1.29, 1.82) is 0 Å². The minimum atomic E-state index is -0.285. The van der Waals surface area contributed by atoms with Gasteiger partial charge in [-0.05, 0) is 80.9 Å². The van der Waals surface area contributed by atoms with E-state index in [1.807, 2.05) is 0 Å². The molecule has 0 bridgehead atoms. The largest absolute Gasteiger partial charge is 0.349 e. The van der Waals surface area contributed by atoms with Gasteiger partial charge in [-0.1, -0.05) is 113 Å². The van der Waals surface area contributed by atoms with Gasteiger partial charge in [0.1, 0.15) is 0 Å². The molecule has 0 amide bonds. The Kier molecular flexibility index (Phi) is 5.42. The molecular formula is C35H34NP. The van der Waals surface area contributed by atoms with E-state index in [9.17, 15) is 0 Å². The molecule has 0 saturated heterocycles. The molecule has 0 atom stereocenters. The van der Waals surface area contributed by atoms with Crippen LogP contribution in [-0.2, 0) is 6.42 Å². The van der Waals surface area contributed by atoms with Crippen molar-refractivity contribution in [1.82, 2.24) is 0 Å². The third-order valence-electron chi connectivity index (χ3n) is 8.34. The summed E-state index contributed by atoms with van der Waals surface area (Å²) in [4.78, 5) is 0. The van der Waals surface area contributed by atoms with Gasteiger partial charge < -0.3 is 4.67 Å². The normalized spacial score (nSPS) is 14.3. The summed E-state index contributed by atoms with van der Waals surface area (Å²) in [5.41, 5.74) is 4.37. The number of nitrogens with zero attached hydrogens (tertiary/aromatic N) is 1. The number of aryl methyl sites for hydroxylation is 1. The van der Waals surface area contributed by atoms with Crippen LogP contribution < -0.4 is 4.67 Å². The van der Waals surface area contributed by atoms with Crippen LogP contribution in [0.1, 0.15) is 39.7 Å². The summed E-state index contributed by atoms with van der Waals surface area (Å²) in [6.45, 7) is 10.9. The number of hydrogen-bond donors (Lipinski definition) is 0. The van der Waals surface area contributed by atoms with E-state index < -0.39 is 0 Å². The highest BCUT2D eigenvalue weighted by Crippen LogP contribution is 2.56. The zero-order chi connectivity index (χ0) is 25.3. The SMILES string of the molecule is CC(C)P(C(C)C)N1CCCc2ccc3ccc4ccc5c6ccccc6c6ccccc6c5c4c3c21. The third kappa shape index (κ3) is 3.40. The Morgan fingerprint density at radius 1 is 0.568 bits per heavy atom. The minimum Gasteiger partial charge on any atom is -0.349 e. The third-order valence-corrected chi connectivity index (χ3v) is 11.4. The van der Waals surface area contributed by atoms with Gasteiger partial charge in [-0.2, -0.15) is 0 Å². The first-order valence-corrected chi connectivity index (χ1v) is 15.2. The van der Waals surface area contributed by atoms with Crippen molar-refractivity contribution in [2.24, 2.45) is 0 Å². The second-order valence-electron chi connectivity index (χ2n) is 11.2. The van der Waals surface area contributed by atoms with Gasteiger partial charge in [0.25, 0.3) is 0 Å². The van der Waals surface area contributed by atoms with Crippen LogP contribution in [0, 0.1) is 0 Å². The van der Waals surface area contributed by atoms with Crippen LogP contribution in [0.15, 0.2) is 84.9 Å². The molecule has 0 saturated carbocycles. The molecule has 0 unspecified atom stereocenters. The lowest BCUT2D eigenvalue weighted by Crippen LogP contribution is -2.30. The van der Waals surface area contributed by atoms with E-state index in [4.69, 9.17) is 0 Å². The molecule has 1 aliphatic rings. The van der Waals surface area contributed by atoms with E-state index >= 15 is 0 Å². The molecule has 1 aliphatic heterocycles. The van der Waals surface area contributed by atoms with Crippen LogP contribution >= 0.6 is 8.07 Å². The second-order valence-corrected chi connectivity index (χ2v) is 14.5. The zero-order valence-corrected chi connectivity index (χ0v) is 23.1. The smallest absolute Gasteiger partial charge is 0.0517 e. The van der Waals surface area contributed by atoms with Crippen molar-refractivity contribution in [2.75, 3.05) is 11.2 Å². The molecule has 7 rings (SSSR count). The van der Waals surface area contributed by atoms with E-state index in [0.29, 0.717) is 11.3 Å². The maximum Gasteiger partial charge on any atom is 0.0517 e. The van der Waals surface area contributed by atoms with E-state index in [1.165, 1.54) is 84.5 Å². The first-order chi connectivity index (χ1) is 18.0. The average Bonchev–Trinajstić information content (AvgIpc) is 2.92. The Labute approximate surface area is 220 Å². The summed E-state index contributed by atoms with van der Waals surface area (Å²) >= 11 is 0. The molecule has 2 heteroatoms. The molecule has 0 radical (unpaired) electrons. The van der Waals surface area contributed by atoms with Crippen LogP contribution in [0.3, 0.4) is 0 Å². The quantitative estimate of drug-likeness (QED) is 0.173. The molecule has 37 heavy (non-hydrogen) atoms. The molecule has 6 aromatic rings. The molecule has 1 nitrogen and oxygen atoms in total. The van der Waals surface area contributed by atoms with Crippen LogP contribution in [-0.4, -0.2) is 17.9 Å². The predicted octanol–water partition coefficient (Wildman–Crippen LogP) is 10.4. The van der Waals surface area contributed by atoms with Crippen molar-refractivity contribution >= 4 is 67.6 Å². The van der Waals surface area contributed by atoms with Crippen molar-refractivity contribution in [3.8, 4) is 0 Å². The zero-order valence-electron chi connectivity index (χ0n) is 22.3. The Bertz CT molecular complexity index is 1790. The van der Waals surface area contributed by atoms with E-state index in [0.717, 1.165) is 0 Å². The van der Waals surface area contributed by atoms with Crippen LogP contribution in [0.25, 0.3) is 53.9 Å². The standard InChI is InChI=1S/C35H34NP/c1-22(2)37(23(3)4)36-21-9-10-26-18-17-25-16-15-24-19-20-31-29-13-6-5-11-27(29)28-12-7-8-14-30(28)34(31)32(24)33(25)35(26)36/h5-8,11-20,22-23H,9-10,21H2,1-4H3. The second kappa shape index (κ2) is 8.71. The van der Waals surface area contributed by atoms with Gasteiger partial charge in [0.05, 0.1) is 5.69 Å². The summed E-state index contributed by atoms with van der Waals surface area (Å²) < 4.78 is 2.85. The number of hydrogen-bond acceptors (Lipinski definition) is 1. The Morgan fingerprint density at radius 3 is 1.73 bits per heavy atom. The predicted molar refractivity (Wildman–Crippen MR) is 167 cm³/mol. The lowest BCUT2D eigenvalue weighted by Gasteiger charge is -2.43. The summed E-state index contributed by atoms with van der Waals surface area (Å²) in [7, 11) is -0.285.